The minimum absolute atomic E-state index is 0.108. The smallest absolute Gasteiger partial charge is 0.0657 e. The van der Waals surface area contributed by atoms with Gasteiger partial charge in [0.2, 0.25) is 0 Å². The molecule has 2 heteroatoms. The van der Waals surface area contributed by atoms with Crippen molar-refractivity contribution in [1.29, 1.82) is 0 Å². The Morgan fingerprint density at radius 1 is 0.935 bits per heavy atom. The number of rotatable bonds is 1. The molecule has 0 amide bonds. The van der Waals surface area contributed by atoms with E-state index in [1.807, 2.05) is 0 Å². The summed E-state index contributed by atoms with van der Waals surface area (Å²) in [7, 11) is 0. The molecule has 4 unspecified atom stereocenters. The highest BCUT2D eigenvalue weighted by atomic mass is 16.3. The molecule has 2 fully saturated rings. The fourth-order valence-electron chi connectivity index (χ4n) is 8.46. The second-order valence-corrected chi connectivity index (χ2v) is 11.6. The Labute approximate surface area is 187 Å². The van der Waals surface area contributed by atoms with Crippen LogP contribution >= 0.6 is 0 Å². The number of aryl methyl sites for hydroxylation is 1. The molecule has 0 aromatic heterocycles. The minimum Gasteiger partial charge on any atom is -0.393 e. The van der Waals surface area contributed by atoms with Crippen LogP contribution in [0.3, 0.4) is 0 Å². The van der Waals surface area contributed by atoms with Crippen LogP contribution < -0.4 is 0 Å². The van der Waals surface area contributed by atoms with Crippen molar-refractivity contribution in [2.75, 3.05) is 0 Å². The van der Waals surface area contributed by atoms with Crippen molar-refractivity contribution in [2.24, 2.45) is 39.5 Å². The molecule has 6 rings (SSSR count). The van der Waals surface area contributed by atoms with E-state index in [0.29, 0.717) is 16.7 Å². The van der Waals surface area contributed by atoms with E-state index in [1.54, 1.807) is 11.1 Å². The molecule has 4 aliphatic carbocycles. The van der Waals surface area contributed by atoms with Crippen LogP contribution in [0.4, 0.5) is 5.69 Å². The SMILES string of the molecule is C[C@]12CC[C@H](O)CC1=CCC1C2CC[C@]2(C)C(C3C=Nc4ccccc4CC3)=CCC12. The van der Waals surface area contributed by atoms with Gasteiger partial charge < -0.3 is 5.11 Å². The zero-order valence-corrected chi connectivity index (χ0v) is 19.2. The predicted molar refractivity (Wildman–Crippen MR) is 128 cm³/mol. The maximum Gasteiger partial charge on any atom is 0.0657 e. The van der Waals surface area contributed by atoms with Crippen LogP contribution in [-0.4, -0.2) is 17.4 Å². The van der Waals surface area contributed by atoms with Crippen molar-refractivity contribution in [3.05, 3.63) is 53.1 Å². The molecule has 1 heterocycles. The second-order valence-electron chi connectivity index (χ2n) is 11.6. The number of hydrogen-bond donors (Lipinski definition) is 1. The molecular formula is C29H37NO. The van der Waals surface area contributed by atoms with E-state index in [2.05, 4.69) is 56.5 Å². The average molecular weight is 416 g/mol. The fourth-order valence-corrected chi connectivity index (χ4v) is 8.46. The van der Waals surface area contributed by atoms with E-state index in [1.165, 1.54) is 49.8 Å². The Morgan fingerprint density at radius 3 is 2.68 bits per heavy atom. The summed E-state index contributed by atoms with van der Waals surface area (Å²) in [5.41, 5.74) is 6.53. The van der Waals surface area contributed by atoms with E-state index < -0.39 is 0 Å². The zero-order chi connectivity index (χ0) is 21.2. The van der Waals surface area contributed by atoms with Crippen LogP contribution in [0.15, 0.2) is 52.6 Å². The van der Waals surface area contributed by atoms with Gasteiger partial charge in [0.15, 0.2) is 0 Å². The first kappa shape index (κ1) is 20.0. The first-order chi connectivity index (χ1) is 15.0. The molecule has 1 aromatic rings. The van der Waals surface area contributed by atoms with Crippen molar-refractivity contribution in [3.8, 4) is 0 Å². The van der Waals surface area contributed by atoms with E-state index >= 15 is 0 Å². The topological polar surface area (TPSA) is 32.6 Å². The van der Waals surface area contributed by atoms with Crippen LogP contribution in [0.5, 0.6) is 0 Å². The summed E-state index contributed by atoms with van der Waals surface area (Å²) < 4.78 is 0. The molecule has 1 N–H and O–H groups in total. The van der Waals surface area contributed by atoms with Crippen LogP contribution in [0.2, 0.25) is 0 Å². The first-order valence-corrected chi connectivity index (χ1v) is 12.7. The summed E-state index contributed by atoms with van der Waals surface area (Å²) in [5, 5.41) is 10.3. The Balaban J connectivity index is 1.27. The summed E-state index contributed by atoms with van der Waals surface area (Å²) in [6.45, 7) is 5.12. The largest absolute Gasteiger partial charge is 0.393 e. The third kappa shape index (κ3) is 2.97. The molecule has 5 aliphatic rings. The molecule has 1 aromatic carbocycles. The van der Waals surface area contributed by atoms with E-state index in [-0.39, 0.29) is 6.10 Å². The molecule has 0 spiro atoms. The lowest BCUT2D eigenvalue weighted by atomic mass is 9.47. The molecular weight excluding hydrogens is 378 g/mol. The predicted octanol–water partition coefficient (Wildman–Crippen LogP) is 6.81. The normalized spacial score (nSPS) is 43.6. The molecule has 2 saturated carbocycles. The third-order valence-electron chi connectivity index (χ3n) is 10.2. The van der Waals surface area contributed by atoms with E-state index in [0.717, 1.165) is 37.0 Å². The van der Waals surface area contributed by atoms with Crippen LogP contribution in [-0.2, 0) is 6.42 Å². The summed E-state index contributed by atoms with van der Waals surface area (Å²) >= 11 is 0. The number of hydrogen-bond acceptors (Lipinski definition) is 2. The zero-order valence-electron chi connectivity index (χ0n) is 19.2. The van der Waals surface area contributed by atoms with Crippen molar-refractivity contribution < 1.29 is 5.11 Å². The van der Waals surface area contributed by atoms with Gasteiger partial charge in [0.05, 0.1) is 11.8 Å². The quantitative estimate of drug-likeness (QED) is 0.502. The molecule has 164 valence electrons. The van der Waals surface area contributed by atoms with Crippen molar-refractivity contribution in [2.45, 2.75) is 77.7 Å². The first-order valence-electron chi connectivity index (χ1n) is 12.7. The number of para-hydroxylation sites is 1. The second kappa shape index (κ2) is 7.17. The maximum absolute atomic E-state index is 10.3. The Bertz CT molecular complexity index is 973. The highest BCUT2D eigenvalue weighted by Crippen LogP contribution is 2.65. The van der Waals surface area contributed by atoms with Crippen molar-refractivity contribution in [3.63, 3.8) is 0 Å². The number of nitrogens with zero attached hydrogens (tertiary/aromatic N) is 1. The standard InChI is InChI=1S/C29H37NO/c1-28-15-13-22(31)17-21(28)9-10-23-25-12-11-24(29(25,2)16-14-26(23)28)20-8-7-19-5-3-4-6-27(19)30-18-20/h3-6,9,11,18,20,22-23,25-26,31H,7-8,10,12-17H2,1-2H3/t20?,22-,23?,25?,26?,28-,29+/m0/s1. The molecule has 31 heavy (non-hydrogen) atoms. The van der Waals surface area contributed by atoms with Gasteiger partial charge in [0.25, 0.3) is 0 Å². The Hall–Kier alpha value is -1.67. The van der Waals surface area contributed by atoms with Crippen LogP contribution in [0.25, 0.3) is 0 Å². The highest BCUT2D eigenvalue weighted by molar-refractivity contribution is 5.72. The minimum atomic E-state index is -0.108. The van der Waals surface area contributed by atoms with Gasteiger partial charge in [0.1, 0.15) is 0 Å². The summed E-state index contributed by atoms with van der Waals surface area (Å²) in [5.74, 6) is 2.88. The molecule has 0 saturated heterocycles. The lowest BCUT2D eigenvalue weighted by molar-refractivity contribution is -0.0308. The van der Waals surface area contributed by atoms with Gasteiger partial charge in [-0.2, -0.15) is 0 Å². The van der Waals surface area contributed by atoms with Gasteiger partial charge in [-0.25, -0.2) is 0 Å². The van der Waals surface area contributed by atoms with Gasteiger partial charge in [-0.15, -0.1) is 0 Å². The Morgan fingerprint density at radius 2 is 1.77 bits per heavy atom. The van der Waals surface area contributed by atoms with Gasteiger partial charge in [-0.1, -0.05) is 55.3 Å². The van der Waals surface area contributed by atoms with Crippen LogP contribution in [0, 0.1) is 34.5 Å². The van der Waals surface area contributed by atoms with Gasteiger partial charge >= 0.3 is 0 Å². The maximum atomic E-state index is 10.3. The van der Waals surface area contributed by atoms with Gasteiger partial charge in [-0.05, 0) is 98.0 Å². The van der Waals surface area contributed by atoms with Crippen molar-refractivity contribution in [1.82, 2.24) is 0 Å². The average Bonchev–Trinajstić information content (AvgIpc) is 2.98. The lowest BCUT2D eigenvalue weighted by Gasteiger charge is -2.58. The number of fused-ring (bicyclic) bond motifs is 6. The van der Waals surface area contributed by atoms with Crippen molar-refractivity contribution >= 4 is 11.9 Å². The van der Waals surface area contributed by atoms with Crippen LogP contribution in [0.1, 0.15) is 70.8 Å². The molecule has 1 aliphatic heterocycles. The van der Waals surface area contributed by atoms with Gasteiger partial charge in [-0.3, -0.25) is 4.99 Å². The number of aliphatic hydroxyl groups excluding tert-OH is 1. The van der Waals surface area contributed by atoms with E-state index in [9.17, 15) is 5.11 Å². The summed E-state index contributed by atoms with van der Waals surface area (Å²) in [6.07, 6.45) is 17.9. The van der Waals surface area contributed by atoms with Gasteiger partial charge in [0, 0.05) is 12.1 Å². The fraction of sp³-hybridized carbons (Fsp3) is 0.621. The van der Waals surface area contributed by atoms with E-state index in [4.69, 9.17) is 4.99 Å². The third-order valence-corrected chi connectivity index (χ3v) is 10.2. The number of benzene rings is 1. The number of aliphatic imine (C=N–C) groups is 1. The number of allylic oxidation sites excluding steroid dienone is 3. The summed E-state index contributed by atoms with van der Waals surface area (Å²) in [4.78, 5) is 4.94. The number of aliphatic hydroxyl groups is 1. The molecule has 2 nitrogen and oxygen atoms in total. The molecule has 0 radical (unpaired) electrons. The Kier molecular flexibility index (Phi) is 4.62. The molecule has 7 atom stereocenters. The monoisotopic (exact) mass is 415 g/mol. The molecule has 0 bridgehead atoms. The summed E-state index contributed by atoms with van der Waals surface area (Å²) in [6, 6.07) is 8.68. The lowest BCUT2D eigenvalue weighted by Crippen LogP contribution is -2.50. The highest BCUT2D eigenvalue weighted by Gasteiger charge is 2.57.